The number of aromatic hydroxyl groups is 1. The maximum absolute atomic E-state index is 13.8. The molecule has 0 saturated heterocycles. The van der Waals surface area contributed by atoms with Crippen molar-refractivity contribution in [1.82, 2.24) is 0 Å². The molecule has 0 aliphatic heterocycles. The summed E-state index contributed by atoms with van der Waals surface area (Å²) in [6.07, 6.45) is 0. The summed E-state index contributed by atoms with van der Waals surface area (Å²) >= 11 is 0. The number of benzene rings is 11. The minimum Gasteiger partial charge on any atom is -0.506 e. The lowest BCUT2D eigenvalue weighted by Gasteiger charge is -2.17. The SMILES string of the molecule is COC(=O)c1ccc(NC(=O)c2ccc(NC(=O)c3ccc(NC(C)=O)c(OCc4ccccc4)c3)c(OCc3ccc(F)cc3)c2)c(O)c1.COC(=O)c1ccc(NC(=O)c2ccc(NC(=O)c3ccc(NC(C)=O)c(OCc4ccccc4)c3)c(OCc3ccc(F)cc3)c2)c(OCc2ccc(F)cc2)c1. The van der Waals surface area contributed by atoms with Gasteiger partial charge in [0.2, 0.25) is 11.8 Å². The fraction of sp³-hybridized carbons (Fsp3) is 0.108. The molecular weight excluding hydrogens is 1390 g/mol. The van der Waals surface area contributed by atoms with E-state index in [-0.39, 0.29) is 135 Å². The van der Waals surface area contributed by atoms with Crippen LogP contribution in [-0.4, -0.2) is 66.7 Å². The molecule has 0 aliphatic carbocycles. The molecule has 0 bridgehead atoms. The molecule has 6 amide bonds. The third-order valence-corrected chi connectivity index (χ3v) is 15.8. The number of phenolic OH excluding ortho intramolecular Hbond substituents is 1. The maximum atomic E-state index is 13.8. The van der Waals surface area contributed by atoms with Gasteiger partial charge in [0, 0.05) is 36.1 Å². The van der Waals surface area contributed by atoms with E-state index >= 15 is 0 Å². The summed E-state index contributed by atoms with van der Waals surface area (Å²) in [6, 6.07) is 62.0. The zero-order valence-electron chi connectivity index (χ0n) is 58.3. The summed E-state index contributed by atoms with van der Waals surface area (Å²) < 4.78 is 80.2. The molecule has 0 fully saturated rings. The van der Waals surface area contributed by atoms with Gasteiger partial charge >= 0.3 is 11.9 Å². The molecule has 11 aromatic rings. The van der Waals surface area contributed by atoms with E-state index in [1.54, 1.807) is 48.5 Å². The van der Waals surface area contributed by atoms with Gasteiger partial charge in [-0.25, -0.2) is 22.8 Å². The number of esters is 2. The first-order valence-electron chi connectivity index (χ1n) is 33.1. The zero-order chi connectivity index (χ0) is 76.6. The summed E-state index contributed by atoms with van der Waals surface area (Å²) in [5.41, 5.74) is 6.04. The molecule has 0 radical (unpaired) electrons. The third-order valence-electron chi connectivity index (χ3n) is 15.8. The van der Waals surface area contributed by atoms with Gasteiger partial charge in [-0.2, -0.15) is 0 Å². The van der Waals surface area contributed by atoms with Crippen molar-refractivity contribution in [1.29, 1.82) is 0 Å². The smallest absolute Gasteiger partial charge is 0.337 e. The molecule has 108 heavy (non-hydrogen) atoms. The van der Waals surface area contributed by atoms with Crippen molar-refractivity contribution in [2.75, 3.05) is 46.1 Å². The predicted molar refractivity (Wildman–Crippen MR) is 397 cm³/mol. The number of anilines is 6. The molecular formula is C83H69F3N6O16. The molecule has 0 spiro atoms. The molecule has 0 atom stereocenters. The van der Waals surface area contributed by atoms with Crippen LogP contribution in [0.3, 0.4) is 0 Å². The average molecular weight is 1460 g/mol. The van der Waals surface area contributed by atoms with Crippen molar-refractivity contribution in [3.63, 3.8) is 0 Å². The van der Waals surface area contributed by atoms with Gasteiger partial charge in [0.15, 0.2) is 0 Å². The molecule has 548 valence electrons. The Morgan fingerprint density at radius 3 is 0.787 bits per heavy atom. The van der Waals surface area contributed by atoms with Crippen LogP contribution < -0.4 is 55.6 Å². The van der Waals surface area contributed by atoms with Crippen molar-refractivity contribution in [2.45, 2.75) is 46.9 Å². The summed E-state index contributed by atoms with van der Waals surface area (Å²) in [7, 11) is 2.45. The second kappa shape index (κ2) is 36.8. The van der Waals surface area contributed by atoms with Crippen LogP contribution in [0, 0.1) is 17.5 Å². The first-order valence-corrected chi connectivity index (χ1v) is 33.1. The van der Waals surface area contributed by atoms with Crippen molar-refractivity contribution in [2.24, 2.45) is 0 Å². The van der Waals surface area contributed by atoms with Crippen LogP contribution in [0.2, 0.25) is 0 Å². The van der Waals surface area contributed by atoms with Crippen LogP contribution in [0.4, 0.5) is 47.3 Å². The van der Waals surface area contributed by atoms with Gasteiger partial charge in [0.05, 0.1) is 59.5 Å². The first kappa shape index (κ1) is 76.4. The molecule has 0 aromatic heterocycles. The summed E-state index contributed by atoms with van der Waals surface area (Å²) in [4.78, 5) is 102. The van der Waals surface area contributed by atoms with Crippen LogP contribution in [0.5, 0.6) is 34.5 Å². The largest absolute Gasteiger partial charge is 0.506 e. The van der Waals surface area contributed by atoms with Crippen molar-refractivity contribution < 1.29 is 89.8 Å². The van der Waals surface area contributed by atoms with E-state index in [4.69, 9.17) is 28.4 Å². The van der Waals surface area contributed by atoms with Gasteiger partial charge < -0.3 is 70.2 Å². The number of carbonyl (C=O) groups excluding carboxylic acids is 8. The lowest BCUT2D eigenvalue weighted by atomic mass is 10.1. The number of halogens is 3. The number of carbonyl (C=O) groups is 8. The molecule has 11 rings (SSSR count). The van der Waals surface area contributed by atoms with E-state index < -0.39 is 53.0 Å². The van der Waals surface area contributed by atoms with Gasteiger partial charge in [0.1, 0.15) is 85.0 Å². The van der Waals surface area contributed by atoms with Crippen LogP contribution in [0.1, 0.15) is 104 Å². The van der Waals surface area contributed by atoms with Crippen molar-refractivity contribution in [3.8, 4) is 34.5 Å². The second-order valence-corrected chi connectivity index (χ2v) is 23.7. The lowest BCUT2D eigenvalue weighted by molar-refractivity contribution is -0.115. The number of hydrogen-bond acceptors (Lipinski definition) is 16. The van der Waals surface area contributed by atoms with Crippen molar-refractivity contribution in [3.05, 3.63) is 321 Å². The number of ether oxygens (including phenoxy) is 7. The molecule has 0 aliphatic rings. The number of nitrogens with one attached hydrogen (secondary N) is 6. The van der Waals surface area contributed by atoms with E-state index in [1.165, 1.54) is 155 Å². The topological polar surface area (TPSA) is 294 Å². The number of hydrogen-bond donors (Lipinski definition) is 7. The summed E-state index contributed by atoms with van der Waals surface area (Å²) in [6.45, 7) is 3.04. The van der Waals surface area contributed by atoms with Gasteiger partial charge in [-0.1, -0.05) is 97.1 Å². The van der Waals surface area contributed by atoms with E-state index in [2.05, 4.69) is 36.6 Å². The van der Waals surface area contributed by atoms with Crippen LogP contribution in [-0.2, 0) is 52.1 Å². The Bertz CT molecular complexity index is 5090. The Balaban J connectivity index is 0.000000233. The van der Waals surface area contributed by atoms with Crippen molar-refractivity contribution >= 4 is 81.5 Å². The summed E-state index contributed by atoms with van der Waals surface area (Å²) in [5, 5.41) is 26.8. The van der Waals surface area contributed by atoms with Gasteiger partial charge in [-0.05, 0) is 173 Å². The van der Waals surface area contributed by atoms with Gasteiger partial charge in [0.25, 0.3) is 23.6 Å². The highest BCUT2D eigenvalue weighted by molar-refractivity contribution is 6.10. The quantitative estimate of drug-likeness (QED) is 0.0186. The lowest BCUT2D eigenvalue weighted by Crippen LogP contribution is -2.16. The Morgan fingerprint density at radius 2 is 0.519 bits per heavy atom. The Kier molecular flexibility index (Phi) is 26.0. The minimum atomic E-state index is -0.654. The molecule has 0 unspecified atom stereocenters. The molecule has 22 nitrogen and oxygen atoms in total. The van der Waals surface area contributed by atoms with Gasteiger partial charge in [-0.15, -0.1) is 0 Å². The predicted octanol–water partition coefficient (Wildman–Crippen LogP) is 15.9. The average Bonchev–Trinajstić information content (AvgIpc) is 0.821. The maximum Gasteiger partial charge on any atom is 0.337 e. The summed E-state index contributed by atoms with van der Waals surface area (Å²) in [5.74, 6) is -4.87. The first-order chi connectivity index (χ1) is 52.1. The number of rotatable bonds is 27. The monoisotopic (exact) mass is 1460 g/mol. The van der Waals surface area contributed by atoms with Crippen LogP contribution in [0.15, 0.2) is 243 Å². The molecule has 7 N–H and O–H groups in total. The van der Waals surface area contributed by atoms with Crippen LogP contribution in [0.25, 0.3) is 0 Å². The Labute approximate surface area is 617 Å². The normalized spacial score (nSPS) is 10.5. The highest BCUT2D eigenvalue weighted by atomic mass is 19.1. The third kappa shape index (κ3) is 21.7. The van der Waals surface area contributed by atoms with E-state index in [1.807, 2.05) is 60.7 Å². The highest BCUT2D eigenvalue weighted by Crippen LogP contribution is 2.36. The van der Waals surface area contributed by atoms with E-state index in [9.17, 15) is 56.6 Å². The fourth-order valence-electron chi connectivity index (χ4n) is 10.3. The molecule has 25 heteroatoms. The molecule has 11 aromatic carbocycles. The standard InChI is InChI=1S/C45H37F2N3O8.C38H32FN3O8/c1-28(51)48-37-19-12-32(22-40(37)56-25-29-6-4-3-5-7-29)43(52)49-38-20-13-33(23-41(38)57-26-30-8-15-35(46)16-9-30)44(53)50-39-21-14-34(45(54)55-2)24-42(39)58-27-31-10-17-36(47)18-11-31;1-23(43)40-31-16-10-27(19-34(31)49-21-24-6-4-3-5-7-24)37(46)42-32-17-11-26(20-35(32)50-22-25-8-13-29(39)14-9-25)36(45)41-30-15-12-28(18-33(30)44)38(47)48-2/h3-24H,25-27H2,1-2H3,(H,48,51)(H,49,52)(H,50,53);3-20,44H,21-22H2,1-2H3,(H,40,43)(H,41,45)(H,42,46). The number of amides is 6. The number of methoxy groups -OCH3 is 2. The molecule has 0 heterocycles. The van der Waals surface area contributed by atoms with Gasteiger partial charge in [-0.3, -0.25) is 28.8 Å². The molecule has 0 saturated carbocycles. The second-order valence-electron chi connectivity index (χ2n) is 23.7. The van der Waals surface area contributed by atoms with E-state index in [0.29, 0.717) is 28.1 Å². The van der Waals surface area contributed by atoms with E-state index in [0.717, 1.165) is 17.2 Å². The Morgan fingerprint density at radius 1 is 0.287 bits per heavy atom. The zero-order valence-corrected chi connectivity index (χ0v) is 58.3. The number of phenols is 1. The van der Waals surface area contributed by atoms with Crippen LogP contribution >= 0.6 is 0 Å². The highest BCUT2D eigenvalue weighted by Gasteiger charge is 2.22. The minimum absolute atomic E-state index is 0.000156. The Hall–Kier alpha value is -14.2. The fourth-order valence-corrected chi connectivity index (χ4v) is 10.3.